The highest BCUT2D eigenvalue weighted by atomic mass is 32.1. The van der Waals surface area contributed by atoms with Gasteiger partial charge in [0.15, 0.2) is 10.8 Å². The number of rotatable bonds is 4. The van der Waals surface area contributed by atoms with Gasteiger partial charge < -0.3 is 8.94 Å². The second-order valence-corrected chi connectivity index (χ2v) is 6.77. The van der Waals surface area contributed by atoms with Gasteiger partial charge in [0.2, 0.25) is 0 Å². The van der Waals surface area contributed by atoms with E-state index in [2.05, 4.69) is 16.2 Å². The first kappa shape index (κ1) is 15.6. The largest absolute Gasteiger partial charge is 0.467 e. The summed E-state index contributed by atoms with van der Waals surface area (Å²) in [5.74, 6) is 0.981. The van der Waals surface area contributed by atoms with Gasteiger partial charge in [-0.25, -0.2) is 4.98 Å². The van der Waals surface area contributed by atoms with Crippen LogP contribution < -0.4 is 4.90 Å². The van der Waals surface area contributed by atoms with Gasteiger partial charge in [-0.15, -0.1) is 0 Å². The molecular formula is C18H15N3O3S. The Morgan fingerprint density at radius 3 is 2.84 bits per heavy atom. The molecule has 126 valence electrons. The molecule has 4 aromatic rings. The Morgan fingerprint density at radius 2 is 2.12 bits per heavy atom. The highest BCUT2D eigenvalue weighted by Gasteiger charge is 2.25. The molecule has 0 bridgehead atoms. The van der Waals surface area contributed by atoms with E-state index in [1.165, 1.54) is 11.3 Å². The lowest BCUT2D eigenvalue weighted by Crippen LogP contribution is -2.30. The fourth-order valence-electron chi connectivity index (χ4n) is 2.53. The first-order chi connectivity index (χ1) is 12.1. The van der Waals surface area contributed by atoms with E-state index in [1.54, 1.807) is 30.2 Å². The van der Waals surface area contributed by atoms with E-state index in [0.29, 0.717) is 16.7 Å². The average Bonchev–Trinajstić information content (AvgIpc) is 3.31. The van der Waals surface area contributed by atoms with Crippen molar-refractivity contribution in [1.29, 1.82) is 0 Å². The zero-order valence-corrected chi connectivity index (χ0v) is 14.5. The number of nitrogens with zero attached hydrogens (tertiary/aromatic N) is 3. The minimum atomic E-state index is -0.274. The Morgan fingerprint density at radius 1 is 1.24 bits per heavy atom. The van der Waals surface area contributed by atoms with Gasteiger partial charge in [0.1, 0.15) is 11.5 Å². The zero-order chi connectivity index (χ0) is 17.4. The molecule has 0 aliphatic rings. The topological polar surface area (TPSA) is 72.4 Å². The molecule has 1 amide bonds. The molecule has 0 radical (unpaired) electrons. The van der Waals surface area contributed by atoms with Crippen LogP contribution in [0.15, 0.2) is 51.6 Å². The molecule has 0 atom stereocenters. The standard InChI is InChI=1S/C18H15N3O3S/c1-11-5-6-14-16(8-11)25-18(19-14)21(10-13-4-3-7-23-13)17(22)15-9-12(2)24-20-15/h3-9H,10H2,1-2H3. The predicted molar refractivity (Wildman–Crippen MR) is 94.8 cm³/mol. The maximum atomic E-state index is 13.0. The molecule has 6 nitrogen and oxygen atoms in total. The highest BCUT2D eigenvalue weighted by Crippen LogP contribution is 2.31. The third-order valence-electron chi connectivity index (χ3n) is 3.75. The molecule has 4 rings (SSSR count). The molecule has 25 heavy (non-hydrogen) atoms. The number of carbonyl (C=O) groups excluding carboxylic acids is 1. The number of aromatic nitrogens is 2. The number of hydrogen-bond donors (Lipinski definition) is 0. The summed E-state index contributed by atoms with van der Waals surface area (Å²) in [5, 5.41) is 4.44. The number of amides is 1. The number of benzene rings is 1. The molecule has 0 aliphatic carbocycles. The van der Waals surface area contributed by atoms with Gasteiger partial charge >= 0.3 is 0 Å². The molecule has 0 aliphatic heterocycles. The normalized spacial score (nSPS) is 11.1. The number of furan rings is 1. The molecule has 0 saturated carbocycles. The molecule has 0 N–H and O–H groups in total. The SMILES string of the molecule is Cc1ccc2nc(N(Cc3ccco3)C(=O)c3cc(C)on3)sc2c1. The average molecular weight is 353 g/mol. The van der Waals surface area contributed by atoms with Gasteiger partial charge in [-0.05, 0) is 43.7 Å². The first-order valence-electron chi connectivity index (χ1n) is 7.75. The van der Waals surface area contributed by atoms with Gasteiger partial charge in [0.25, 0.3) is 5.91 Å². The smallest absolute Gasteiger partial charge is 0.282 e. The third kappa shape index (κ3) is 3.06. The Labute approximate surface area is 147 Å². The maximum Gasteiger partial charge on any atom is 0.282 e. The lowest BCUT2D eigenvalue weighted by molar-refractivity contribution is 0.0974. The van der Waals surface area contributed by atoms with Crippen molar-refractivity contribution >= 4 is 32.6 Å². The summed E-state index contributed by atoms with van der Waals surface area (Å²) >= 11 is 1.47. The fraction of sp³-hybridized carbons (Fsp3) is 0.167. The van der Waals surface area contributed by atoms with E-state index >= 15 is 0 Å². The summed E-state index contributed by atoms with van der Waals surface area (Å²) in [5.41, 5.74) is 2.26. The summed E-state index contributed by atoms with van der Waals surface area (Å²) in [6, 6.07) is 11.3. The number of aryl methyl sites for hydroxylation is 2. The van der Waals surface area contributed by atoms with Crippen molar-refractivity contribution in [3.63, 3.8) is 0 Å². The van der Waals surface area contributed by atoms with Gasteiger partial charge in [0, 0.05) is 6.07 Å². The van der Waals surface area contributed by atoms with Crippen LogP contribution in [0.4, 0.5) is 5.13 Å². The van der Waals surface area contributed by atoms with Crippen LogP contribution in [0.25, 0.3) is 10.2 Å². The van der Waals surface area contributed by atoms with Crippen LogP contribution in [0, 0.1) is 13.8 Å². The fourth-order valence-corrected chi connectivity index (χ4v) is 3.59. The summed E-state index contributed by atoms with van der Waals surface area (Å²) in [7, 11) is 0. The van der Waals surface area contributed by atoms with E-state index in [4.69, 9.17) is 8.94 Å². The van der Waals surface area contributed by atoms with Gasteiger partial charge in [-0.2, -0.15) is 0 Å². The Balaban J connectivity index is 1.76. The molecule has 3 aromatic heterocycles. The van der Waals surface area contributed by atoms with Crippen LogP contribution >= 0.6 is 11.3 Å². The third-order valence-corrected chi connectivity index (χ3v) is 4.79. The van der Waals surface area contributed by atoms with E-state index in [1.807, 2.05) is 25.1 Å². The summed E-state index contributed by atoms with van der Waals surface area (Å²) in [6.45, 7) is 4.06. The van der Waals surface area contributed by atoms with Crippen molar-refractivity contribution in [1.82, 2.24) is 10.1 Å². The molecule has 7 heteroatoms. The monoisotopic (exact) mass is 353 g/mol. The Bertz CT molecular complexity index is 1030. The van der Waals surface area contributed by atoms with Crippen molar-refractivity contribution < 1.29 is 13.7 Å². The van der Waals surface area contributed by atoms with Crippen LogP contribution in [0.3, 0.4) is 0 Å². The van der Waals surface area contributed by atoms with Crippen LogP contribution in [-0.2, 0) is 6.54 Å². The zero-order valence-electron chi connectivity index (χ0n) is 13.7. The minimum absolute atomic E-state index is 0.250. The number of thiazole rings is 1. The van der Waals surface area contributed by atoms with Crippen molar-refractivity contribution in [3.05, 3.63) is 65.4 Å². The van der Waals surface area contributed by atoms with Crippen LogP contribution in [0.2, 0.25) is 0 Å². The number of carbonyl (C=O) groups is 1. The molecule has 0 saturated heterocycles. The first-order valence-corrected chi connectivity index (χ1v) is 8.56. The Kier molecular flexibility index (Phi) is 3.85. The van der Waals surface area contributed by atoms with Crippen molar-refractivity contribution in [3.8, 4) is 0 Å². The molecular weight excluding hydrogens is 338 g/mol. The van der Waals surface area contributed by atoms with E-state index in [9.17, 15) is 4.79 Å². The molecule has 3 heterocycles. The molecule has 0 fully saturated rings. The van der Waals surface area contributed by atoms with Crippen LogP contribution in [0.1, 0.15) is 27.6 Å². The summed E-state index contributed by atoms with van der Waals surface area (Å²) < 4.78 is 11.5. The summed E-state index contributed by atoms with van der Waals surface area (Å²) in [6.07, 6.45) is 1.58. The van der Waals surface area contributed by atoms with Crippen molar-refractivity contribution in [2.45, 2.75) is 20.4 Å². The minimum Gasteiger partial charge on any atom is -0.467 e. The number of anilines is 1. The second-order valence-electron chi connectivity index (χ2n) is 5.76. The van der Waals surface area contributed by atoms with Crippen molar-refractivity contribution in [2.24, 2.45) is 0 Å². The second kappa shape index (κ2) is 6.18. The highest BCUT2D eigenvalue weighted by molar-refractivity contribution is 7.22. The molecule has 1 aromatic carbocycles. The number of hydrogen-bond acceptors (Lipinski definition) is 6. The summed E-state index contributed by atoms with van der Waals surface area (Å²) in [4.78, 5) is 19.1. The predicted octanol–water partition coefficient (Wildman–Crippen LogP) is 4.34. The lowest BCUT2D eigenvalue weighted by atomic mass is 10.2. The molecule has 0 unspecified atom stereocenters. The number of fused-ring (bicyclic) bond motifs is 1. The van der Waals surface area contributed by atoms with Gasteiger partial charge in [-0.3, -0.25) is 9.69 Å². The van der Waals surface area contributed by atoms with E-state index < -0.39 is 0 Å². The van der Waals surface area contributed by atoms with E-state index in [0.717, 1.165) is 15.8 Å². The van der Waals surface area contributed by atoms with E-state index in [-0.39, 0.29) is 18.1 Å². The lowest BCUT2D eigenvalue weighted by Gasteiger charge is -2.17. The maximum absolute atomic E-state index is 13.0. The van der Waals surface area contributed by atoms with Gasteiger partial charge in [0.05, 0.1) is 23.0 Å². The van der Waals surface area contributed by atoms with Crippen LogP contribution in [0.5, 0.6) is 0 Å². The van der Waals surface area contributed by atoms with Gasteiger partial charge in [-0.1, -0.05) is 22.6 Å². The molecule has 0 spiro atoms. The van der Waals surface area contributed by atoms with Crippen LogP contribution in [-0.4, -0.2) is 16.0 Å². The van der Waals surface area contributed by atoms with Crippen molar-refractivity contribution in [2.75, 3.05) is 4.90 Å². The Hall–Kier alpha value is -2.93. The quantitative estimate of drug-likeness (QED) is 0.546.